The Bertz CT molecular complexity index is 873. The van der Waals surface area contributed by atoms with Crippen LogP contribution >= 0.6 is 0 Å². The number of hydrogen-bond acceptors (Lipinski definition) is 4. The van der Waals surface area contributed by atoms with Gasteiger partial charge in [-0.25, -0.2) is 0 Å². The van der Waals surface area contributed by atoms with Crippen molar-refractivity contribution in [3.63, 3.8) is 0 Å². The molecule has 152 valence electrons. The van der Waals surface area contributed by atoms with E-state index in [1.807, 2.05) is 18.2 Å². The minimum atomic E-state index is -0.147. The van der Waals surface area contributed by atoms with Crippen molar-refractivity contribution in [2.45, 2.75) is 25.9 Å². The summed E-state index contributed by atoms with van der Waals surface area (Å²) in [5, 5.41) is 5.86. The van der Waals surface area contributed by atoms with Gasteiger partial charge in [-0.1, -0.05) is 30.3 Å². The number of carbonyl (C=O) groups excluding carboxylic acids is 2. The predicted octanol–water partition coefficient (Wildman–Crippen LogP) is 2.80. The van der Waals surface area contributed by atoms with Gasteiger partial charge in [-0.15, -0.1) is 0 Å². The monoisotopic (exact) mass is 393 g/mol. The van der Waals surface area contributed by atoms with E-state index in [1.165, 1.54) is 5.56 Å². The van der Waals surface area contributed by atoms with Crippen molar-refractivity contribution in [2.75, 3.05) is 31.6 Å². The minimum absolute atomic E-state index is 0.0413. The summed E-state index contributed by atoms with van der Waals surface area (Å²) < 4.78 is 5.40. The third-order valence-electron chi connectivity index (χ3n) is 5.29. The van der Waals surface area contributed by atoms with E-state index in [1.54, 1.807) is 18.2 Å². The first-order chi connectivity index (χ1) is 14.2. The van der Waals surface area contributed by atoms with Crippen molar-refractivity contribution in [3.05, 3.63) is 65.2 Å². The van der Waals surface area contributed by atoms with E-state index >= 15 is 0 Å². The number of carbonyl (C=O) groups is 2. The van der Waals surface area contributed by atoms with Crippen LogP contribution in [-0.4, -0.2) is 43.0 Å². The van der Waals surface area contributed by atoms with Crippen LogP contribution < -0.4 is 10.6 Å². The van der Waals surface area contributed by atoms with E-state index < -0.39 is 0 Å². The smallest absolute Gasteiger partial charge is 0.251 e. The lowest BCUT2D eigenvalue weighted by atomic mass is 10.1. The fourth-order valence-corrected chi connectivity index (χ4v) is 3.47. The molecular weight excluding hydrogens is 366 g/mol. The number of morpholine rings is 1. The Morgan fingerprint density at radius 3 is 2.55 bits per heavy atom. The average Bonchev–Trinajstić information content (AvgIpc) is 3.59. The zero-order valence-corrected chi connectivity index (χ0v) is 16.5. The third-order valence-corrected chi connectivity index (χ3v) is 5.29. The van der Waals surface area contributed by atoms with Crippen LogP contribution in [0.4, 0.5) is 5.69 Å². The molecule has 2 amide bonds. The first-order valence-electron chi connectivity index (χ1n) is 10.2. The maximum absolute atomic E-state index is 12.6. The first kappa shape index (κ1) is 19.6. The Morgan fingerprint density at radius 2 is 1.76 bits per heavy atom. The molecule has 29 heavy (non-hydrogen) atoms. The number of anilines is 1. The molecule has 2 N–H and O–H groups in total. The number of amides is 2. The lowest BCUT2D eigenvalue weighted by Gasteiger charge is -2.26. The van der Waals surface area contributed by atoms with E-state index in [9.17, 15) is 9.59 Å². The summed E-state index contributed by atoms with van der Waals surface area (Å²) in [6, 6.07) is 15.4. The molecule has 4 rings (SSSR count). The fourth-order valence-electron chi connectivity index (χ4n) is 3.47. The topological polar surface area (TPSA) is 70.7 Å². The van der Waals surface area contributed by atoms with Crippen molar-refractivity contribution in [1.29, 1.82) is 0 Å². The molecule has 0 unspecified atom stereocenters. The SMILES string of the molecule is O=C(NCc1cccc(CN2CCOCC2)c1)c1cccc(NC(=O)C2CC2)c1. The van der Waals surface area contributed by atoms with E-state index in [-0.39, 0.29) is 17.7 Å². The quantitative estimate of drug-likeness (QED) is 0.759. The van der Waals surface area contributed by atoms with Crippen LogP contribution in [0.25, 0.3) is 0 Å². The second kappa shape index (κ2) is 9.20. The lowest BCUT2D eigenvalue weighted by molar-refractivity contribution is -0.117. The Balaban J connectivity index is 1.32. The molecular formula is C23H27N3O3. The van der Waals surface area contributed by atoms with Crippen LogP contribution in [0.1, 0.15) is 34.3 Å². The van der Waals surface area contributed by atoms with Gasteiger partial charge in [0.1, 0.15) is 0 Å². The lowest BCUT2D eigenvalue weighted by Crippen LogP contribution is -2.35. The van der Waals surface area contributed by atoms with E-state index in [4.69, 9.17) is 4.74 Å². The largest absolute Gasteiger partial charge is 0.379 e. The molecule has 1 heterocycles. The molecule has 0 radical (unpaired) electrons. The molecule has 2 fully saturated rings. The summed E-state index contributed by atoms with van der Waals surface area (Å²) in [4.78, 5) is 26.9. The van der Waals surface area contributed by atoms with Gasteiger partial charge < -0.3 is 15.4 Å². The van der Waals surface area contributed by atoms with Crippen LogP contribution in [0, 0.1) is 5.92 Å². The molecule has 0 aromatic heterocycles. The second-order valence-corrected chi connectivity index (χ2v) is 7.74. The highest BCUT2D eigenvalue weighted by atomic mass is 16.5. The fraction of sp³-hybridized carbons (Fsp3) is 0.391. The molecule has 2 aromatic rings. The number of rotatable bonds is 7. The summed E-state index contributed by atoms with van der Waals surface area (Å²) in [6.45, 7) is 4.84. The Morgan fingerprint density at radius 1 is 1.00 bits per heavy atom. The number of nitrogens with one attached hydrogen (secondary N) is 2. The zero-order valence-electron chi connectivity index (χ0n) is 16.5. The first-order valence-corrected chi connectivity index (χ1v) is 10.2. The Labute approximate surface area is 171 Å². The van der Waals surface area contributed by atoms with Crippen molar-refractivity contribution >= 4 is 17.5 Å². The molecule has 1 aliphatic carbocycles. The van der Waals surface area contributed by atoms with Gasteiger partial charge in [0.05, 0.1) is 13.2 Å². The number of nitrogens with zero attached hydrogens (tertiary/aromatic N) is 1. The minimum Gasteiger partial charge on any atom is -0.379 e. The maximum Gasteiger partial charge on any atom is 0.251 e. The highest BCUT2D eigenvalue weighted by molar-refractivity contribution is 5.98. The second-order valence-electron chi connectivity index (χ2n) is 7.74. The molecule has 0 spiro atoms. The van der Waals surface area contributed by atoms with Gasteiger partial charge in [-0.3, -0.25) is 14.5 Å². The van der Waals surface area contributed by atoms with E-state index in [0.717, 1.165) is 51.3 Å². The third kappa shape index (κ3) is 5.65. The number of hydrogen-bond donors (Lipinski definition) is 2. The predicted molar refractivity (Wildman–Crippen MR) is 112 cm³/mol. The van der Waals surface area contributed by atoms with Gasteiger partial charge >= 0.3 is 0 Å². The van der Waals surface area contributed by atoms with Crippen LogP contribution in [-0.2, 0) is 22.6 Å². The van der Waals surface area contributed by atoms with Gasteiger partial charge in [-0.05, 0) is 42.2 Å². The van der Waals surface area contributed by atoms with Crippen LogP contribution in [0.2, 0.25) is 0 Å². The Hall–Kier alpha value is -2.70. The molecule has 6 heteroatoms. The summed E-state index contributed by atoms with van der Waals surface area (Å²) in [6.07, 6.45) is 1.91. The van der Waals surface area contributed by atoms with Crippen molar-refractivity contribution < 1.29 is 14.3 Å². The molecule has 2 aliphatic rings. The number of ether oxygens (including phenoxy) is 1. The maximum atomic E-state index is 12.6. The summed E-state index contributed by atoms with van der Waals surface area (Å²) >= 11 is 0. The van der Waals surface area contributed by atoms with Crippen molar-refractivity contribution in [3.8, 4) is 0 Å². The van der Waals surface area contributed by atoms with Gasteiger partial charge in [0.15, 0.2) is 0 Å². The van der Waals surface area contributed by atoms with Crippen LogP contribution in [0.5, 0.6) is 0 Å². The Kier molecular flexibility index (Phi) is 6.22. The zero-order chi connectivity index (χ0) is 20.1. The standard InChI is InChI=1S/C23H27N3O3/c27-22(20-5-2-6-21(14-20)25-23(28)19-7-8-19)24-15-17-3-1-4-18(13-17)16-26-9-11-29-12-10-26/h1-6,13-14,19H,7-12,15-16H2,(H,24,27)(H,25,28). The normalized spacial score (nSPS) is 17.0. The molecule has 1 saturated heterocycles. The summed E-state index contributed by atoms with van der Waals surface area (Å²) in [7, 11) is 0. The van der Waals surface area contributed by atoms with E-state index in [0.29, 0.717) is 17.8 Å². The van der Waals surface area contributed by atoms with Gasteiger partial charge in [0, 0.05) is 43.3 Å². The molecule has 1 saturated carbocycles. The molecule has 0 atom stereocenters. The van der Waals surface area contributed by atoms with Gasteiger partial charge in [-0.2, -0.15) is 0 Å². The molecule has 2 aromatic carbocycles. The van der Waals surface area contributed by atoms with E-state index in [2.05, 4.69) is 27.7 Å². The van der Waals surface area contributed by atoms with Crippen molar-refractivity contribution in [1.82, 2.24) is 10.2 Å². The van der Waals surface area contributed by atoms with Crippen LogP contribution in [0.15, 0.2) is 48.5 Å². The highest BCUT2D eigenvalue weighted by Crippen LogP contribution is 2.30. The van der Waals surface area contributed by atoms with Crippen molar-refractivity contribution in [2.24, 2.45) is 5.92 Å². The van der Waals surface area contributed by atoms with Crippen LogP contribution in [0.3, 0.4) is 0 Å². The van der Waals surface area contributed by atoms with Gasteiger partial charge in [0.25, 0.3) is 5.91 Å². The molecule has 6 nitrogen and oxygen atoms in total. The average molecular weight is 393 g/mol. The van der Waals surface area contributed by atoms with Gasteiger partial charge in [0.2, 0.25) is 5.91 Å². The molecule has 0 bridgehead atoms. The molecule has 1 aliphatic heterocycles. The summed E-state index contributed by atoms with van der Waals surface area (Å²) in [5.41, 5.74) is 3.52. The number of benzene rings is 2. The highest BCUT2D eigenvalue weighted by Gasteiger charge is 2.29. The summed E-state index contributed by atoms with van der Waals surface area (Å²) in [5.74, 6) is 0.0305.